The lowest BCUT2D eigenvalue weighted by Crippen LogP contribution is -2.42. The van der Waals surface area contributed by atoms with Crippen molar-refractivity contribution >= 4 is 17.7 Å². The Bertz CT molecular complexity index is 292. The summed E-state index contributed by atoms with van der Waals surface area (Å²) < 4.78 is 0.126. The first-order valence-corrected chi connectivity index (χ1v) is 7.05. The summed E-state index contributed by atoms with van der Waals surface area (Å²) in [5.41, 5.74) is -0.689. The van der Waals surface area contributed by atoms with Gasteiger partial charge in [-0.1, -0.05) is 13.8 Å². The molecule has 0 bridgehead atoms. The number of hydrogen-bond donors (Lipinski definition) is 1. The van der Waals surface area contributed by atoms with Gasteiger partial charge in [0.15, 0.2) is 0 Å². The Balaban J connectivity index is 2.51. The van der Waals surface area contributed by atoms with Gasteiger partial charge in [-0.2, -0.15) is 17.0 Å². The van der Waals surface area contributed by atoms with Crippen molar-refractivity contribution in [1.29, 1.82) is 5.26 Å². The van der Waals surface area contributed by atoms with Gasteiger partial charge in [-0.15, -0.1) is 0 Å². The molecule has 1 aliphatic rings. The fourth-order valence-corrected chi connectivity index (χ4v) is 2.58. The molecule has 1 fully saturated rings. The number of carbonyl (C=O) groups is 1. The minimum atomic E-state index is -0.689. The number of amides is 1. The maximum Gasteiger partial charge on any atom is 0.240 e. The zero-order valence-electron chi connectivity index (χ0n) is 10.3. The molecule has 0 saturated heterocycles. The molecule has 1 saturated carbocycles. The number of nitrogens with zero attached hydrogens (tertiary/aromatic N) is 1. The molecule has 4 heteroatoms. The summed E-state index contributed by atoms with van der Waals surface area (Å²) in [5, 5.41) is 11.9. The number of thioether (sulfide) groups is 1. The van der Waals surface area contributed by atoms with E-state index in [1.165, 1.54) is 0 Å². The van der Waals surface area contributed by atoms with E-state index in [2.05, 4.69) is 31.5 Å². The maximum atomic E-state index is 11.8. The zero-order valence-corrected chi connectivity index (χ0v) is 11.1. The van der Waals surface area contributed by atoms with Crippen LogP contribution in [0.1, 0.15) is 39.5 Å². The average molecular weight is 240 g/mol. The molecule has 1 rings (SSSR count). The van der Waals surface area contributed by atoms with E-state index < -0.39 is 5.41 Å². The topological polar surface area (TPSA) is 52.9 Å². The van der Waals surface area contributed by atoms with Crippen molar-refractivity contribution in [3.05, 3.63) is 0 Å². The van der Waals surface area contributed by atoms with Crippen molar-refractivity contribution < 1.29 is 4.79 Å². The Morgan fingerprint density at radius 2 is 2.06 bits per heavy atom. The van der Waals surface area contributed by atoms with Crippen LogP contribution < -0.4 is 5.32 Å². The lowest BCUT2D eigenvalue weighted by Gasteiger charge is -2.30. The van der Waals surface area contributed by atoms with Gasteiger partial charge in [-0.25, -0.2) is 0 Å². The first-order chi connectivity index (χ1) is 7.58. The SMILES string of the molecule is CCC(CC)(CNC(=O)C1(C#N)CC1)SC. The number of nitriles is 1. The van der Waals surface area contributed by atoms with Crippen LogP contribution >= 0.6 is 11.8 Å². The molecule has 1 amide bonds. The summed E-state index contributed by atoms with van der Waals surface area (Å²) in [4.78, 5) is 11.8. The third kappa shape index (κ3) is 2.52. The van der Waals surface area contributed by atoms with Gasteiger partial charge in [-0.05, 0) is 31.9 Å². The molecule has 1 aliphatic carbocycles. The van der Waals surface area contributed by atoms with Crippen molar-refractivity contribution in [3.63, 3.8) is 0 Å². The molecule has 0 aliphatic heterocycles. The highest BCUT2D eigenvalue weighted by atomic mass is 32.2. The van der Waals surface area contributed by atoms with Crippen LogP contribution in [0.15, 0.2) is 0 Å². The fourth-order valence-electron chi connectivity index (χ4n) is 1.79. The predicted octanol–water partition coefficient (Wildman–Crippen LogP) is 2.33. The second-order valence-corrected chi connectivity index (χ2v) is 5.75. The Hall–Kier alpha value is -0.690. The van der Waals surface area contributed by atoms with Crippen LogP contribution in [-0.2, 0) is 4.79 Å². The van der Waals surface area contributed by atoms with Crippen molar-refractivity contribution in [2.75, 3.05) is 12.8 Å². The average Bonchev–Trinajstić information content (AvgIpc) is 3.12. The summed E-state index contributed by atoms with van der Waals surface area (Å²) >= 11 is 1.80. The lowest BCUT2D eigenvalue weighted by atomic mass is 10.0. The van der Waals surface area contributed by atoms with Gasteiger partial charge in [0.25, 0.3) is 0 Å². The molecule has 90 valence electrons. The quantitative estimate of drug-likeness (QED) is 0.775. The normalized spacial score (nSPS) is 17.6. The Morgan fingerprint density at radius 1 is 1.50 bits per heavy atom. The Morgan fingerprint density at radius 3 is 2.38 bits per heavy atom. The highest BCUT2D eigenvalue weighted by Gasteiger charge is 2.50. The number of rotatable bonds is 6. The van der Waals surface area contributed by atoms with Crippen molar-refractivity contribution in [2.24, 2.45) is 5.41 Å². The minimum absolute atomic E-state index is 0.0738. The second-order valence-electron chi connectivity index (χ2n) is 4.47. The van der Waals surface area contributed by atoms with Crippen molar-refractivity contribution in [3.8, 4) is 6.07 Å². The summed E-state index contributed by atoms with van der Waals surface area (Å²) in [6.07, 6.45) is 5.59. The third-order valence-corrected chi connectivity index (χ3v) is 5.28. The van der Waals surface area contributed by atoms with Crippen LogP contribution in [0.3, 0.4) is 0 Å². The molecule has 0 aromatic heterocycles. The summed E-state index contributed by atoms with van der Waals surface area (Å²) in [6.45, 7) is 4.95. The van der Waals surface area contributed by atoms with Gasteiger partial charge in [0.05, 0.1) is 6.07 Å². The van der Waals surface area contributed by atoms with E-state index in [0.29, 0.717) is 6.54 Å². The van der Waals surface area contributed by atoms with Crippen LogP contribution in [-0.4, -0.2) is 23.5 Å². The molecule has 1 N–H and O–H groups in total. The van der Waals surface area contributed by atoms with E-state index in [4.69, 9.17) is 5.26 Å². The number of nitrogens with one attached hydrogen (secondary N) is 1. The van der Waals surface area contributed by atoms with Crippen LogP contribution in [0.25, 0.3) is 0 Å². The summed E-state index contributed by atoms with van der Waals surface area (Å²) in [5.74, 6) is -0.0738. The Kier molecular flexibility index (Phi) is 4.26. The van der Waals surface area contributed by atoms with Gasteiger partial charge in [-0.3, -0.25) is 4.79 Å². The largest absolute Gasteiger partial charge is 0.353 e. The highest BCUT2D eigenvalue weighted by Crippen LogP contribution is 2.45. The first kappa shape index (κ1) is 13.4. The van der Waals surface area contributed by atoms with Crippen LogP contribution in [0.4, 0.5) is 0 Å². The van der Waals surface area contributed by atoms with Gasteiger partial charge in [0, 0.05) is 11.3 Å². The number of hydrogen-bond acceptors (Lipinski definition) is 3. The summed E-state index contributed by atoms with van der Waals surface area (Å²) in [6, 6.07) is 2.12. The van der Waals surface area contributed by atoms with Crippen molar-refractivity contribution in [1.82, 2.24) is 5.32 Å². The van der Waals surface area contributed by atoms with E-state index >= 15 is 0 Å². The minimum Gasteiger partial charge on any atom is -0.353 e. The molecule has 0 unspecified atom stereocenters. The molecule has 0 radical (unpaired) electrons. The molecule has 16 heavy (non-hydrogen) atoms. The molecule has 0 aromatic carbocycles. The summed E-state index contributed by atoms with van der Waals surface area (Å²) in [7, 11) is 0. The molecule has 3 nitrogen and oxygen atoms in total. The molecular formula is C12H20N2OS. The molecular weight excluding hydrogens is 220 g/mol. The molecule has 0 aromatic rings. The second kappa shape index (κ2) is 5.09. The molecule has 0 atom stereocenters. The Labute approximate surface area is 102 Å². The smallest absolute Gasteiger partial charge is 0.240 e. The van der Waals surface area contributed by atoms with Gasteiger partial charge < -0.3 is 5.32 Å². The van der Waals surface area contributed by atoms with Crippen LogP contribution in [0.5, 0.6) is 0 Å². The monoisotopic (exact) mass is 240 g/mol. The number of carbonyl (C=O) groups excluding carboxylic acids is 1. The van der Waals surface area contributed by atoms with Gasteiger partial charge in [0.1, 0.15) is 5.41 Å². The maximum absolute atomic E-state index is 11.8. The van der Waals surface area contributed by atoms with E-state index in [1.54, 1.807) is 11.8 Å². The zero-order chi connectivity index (χ0) is 12.2. The van der Waals surface area contributed by atoms with Crippen molar-refractivity contribution in [2.45, 2.75) is 44.3 Å². The van der Waals surface area contributed by atoms with E-state index in [1.807, 2.05) is 0 Å². The molecule has 0 heterocycles. The van der Waals surface area contributed by atoms with E-state index in [9.17, 15) is 4.79 Å². The van der Waals surface area contributed by atoms with Gasteiger partial charge in [0.2, 0.25) is 5.91 Å². The standard InChI is InChI=1S/C12H20N2OS/c1-4-12(5-2,16-3)9-14-10(15)11(8-13)6-7-11/h4-7,9H2,1-3H3,(H,14,15). The lowest BCUT2D eigenvalue weighted by molar-refractivity contribution is -0.124. The van der Waals surface area contributed by atoms with Gasteiger partial charge >= 0.3 is 0 Å². The first-order valence-electron chi connectivity index (χ1n) is 5.83. The highest BCUT2D eigenvalue weighted by molar-refractivity contribution is 8.00. The van der Waals surface area contributed by atoms with Crippen LogP contribution in [0.2, 0.25) is 0 Å². The fraction of sp³-hybridized carbons (Fsp3) is 0.833. The predicted molar refractivity (Wildman–Crippen MR) is 67.1 cm³/mol. The third-order valence-electron chi connectivity index (χ3n) is 3.69. The molecule has 0 spiro atoms. The van der Waals surface area contributed by atoms with Crippen LogP contribution in [0, 0.1) is 16.7 Å². The van der Waals surface area contributed by atoms with E-state index in [-0.39, 0.29) is 10.7 Å². The van der Waals surface area contributed by atoms with E-state index in [0.717, 1.165) is 25.7 Å².